The van der Waals surface area contributed by atoms with Crippen LogP contribution in [0.15, 0.2) is 0 Å². The number of phosphoric ester groups is 2. The largest absolute Gasteiger partial charge is 0.472 e. The Morgan fingerprint density at radius 2 is 0.510 bits per heavy atom. The Labute approximate surface area is 613 Å². The molecule has 0 rings (SSSR count). The molecule has 17 nitrogen and oxygen atoms in total. The second-order valence-corrected chi connectivity index (χ2v) is 32.8. The zero-order chi connectivity index (χ0) is 73.5. The van der Waals surface area contributed by atoms with Gasteiger partial charge in [-0.3, -0.25) is 37.3 Å². The Morgan fingerprint density at radius 1 is 0.290 bits per heavy atom. The Hall–Kier alpha value is -1.94. The molecule has 3 unspecified atom stereocenters. The van der Waals surface area contributed by atoms with E-state index in [1.54, 1.807) is 0 Å². The molecule has 0 amide bonds. The maximum Gasteiger partial charge on any atom is 0.472 e. The van der Waals surface area contributed by atoms with E-state index in [1.165, 1.54) is 244 Å². The smallest absolute Gasteiger partial charge is 0.462 e. The molecule has 0 heterocycles. The zero-order valence-corrected chi connectivity index (χ0v) is 67.3. The number of carbonyl (C=O) groups excluding carboxylic acids is 4. The van der Waals surface area contributed by atoms with E-state index in [2.05, 4.69) is 41.5 Å². The Bertz CT molecular complexity index is 1930. The molecule has 0 fully saturated rings. The first-order valence-corrected chi connectivity index (χ1v) is 45.0. The fourth-order valence-electron chi connectivity index (χ4n) is 12.5. The fraction of sp³-hybridized carbons (Fsp3) is 0.951. The molecule has 3 N–H and O–H groups in total. The number of ether oxygens (including phenoxy) is 4. The van der Waals surface area contributed by atoms with Gasteiger partial charge in [-0.2, -0.15) is 0 Å². The van der Waals surface area contributed by atoms with Crippen molar-refractivity contribution in [1.29, 1.82) is 0 Å². The van der Waals surface area contributed by atoms with Crippen molar-refractivity contribution in [2.75, 3.05) is 39.6 Å². The fourth-order valence-corrected chi connectivity index (χ4v) is 14.1. The highest BCUT2D eigenvalue weighted by Gasteiger charge is 2.30. The molecule has 0 radical (unpaired) electrons. The molecule has 100 heavy (non-hydrogen) atoms. The maximum absolute atomic E-state index is 13.1. The van der Waals surface area contributed by atoms with Gasteiger partial charge < -0.3 is 33.8 Å². The molecular formula is C81H158O17P2. The highest BCUT2D eigenvalue weighted by Crippen LogP contribution is 2.45. The molecule has 6 atom stereocenters. The minimum atomic E-state index is -4.96. The average molecular weight is 1470 g/mol. The van der Waals surface area contributed by atoms with Crippen molar-refractivity contribution < 1.29 is 80.2 Å². The van der Waals surface area contributed by atoms with E-state index in [0.29, 0.717) is 25.7 Å². The van der Waals surface area contributed by atoms with E-state index in [0.717, 1.165) is 102 Å². The Morgan fingerprint density at radius 3 is 0.760 bits per heavy atom. The molecule has 0 saturated heterocycles. The minimum Gasteiger partial charge on any atom is -0.462 e. The van der Waals surface area contributed by atoms with Crippen LogP contribution in [0.1, 0.15) is 427 Å². The van der Waals surface area contributed by atoms with Gasteiger partial charge in [0, 0.05) is 25.7 Å². The first kappa shape index (κ1) is 98.1. The van der Waals surface area contributed by atoms with Gasteiger partial charge in [-0.1, -0.05) is 375 Å². The summed E-state index contributed by atoms with van der Waals surface area (Å²) in [6.07, 6.45) is 62.1. The number of aliphatic hydroxyl groups excluding tert-OH is 1. The quantitative estimate of drug-likeness (QED) is 0.0222. The molecule has 0 aliphatic heterocycles. The van der Waals surface area contributed by atoms with Gasteiger partial charge in [0.05, 0.1) is 26.4 Å². The van der Waals surface area contributed by atoms with Crippen molar-refractivity contribution in [3.63, 3.8) is 0 Å². The van der Waals surface area contributed by atoms with Crippen molar-refractivity contribution in [1.82, 2.24) is 0 Å². The van der Waals surface area contributed by atoms with E-state index in [9.17, 15) is 43.2 Å². The van der Waals surface area contributed by atoms with Crippen molar-refractivity contribution in [3.8, 4) is 0 Å². The van der Waals surface area contributed by atoms with Gasteiger partial charge in [-0.15, -0.1) is 0 Å². The summed E-state index contributed by atoms with van der Waals surface area (Å²) in [4.78, 5) is 73.1. The zero-order valence-electron chi connectivity index (χ0n) is 65.5. The molecule has 0 saturated carbocycles. The van der Waals surface area contributed by atoms with Crippen LogP contribution in [0, 0.1) is 11.8 Å². The van der Waals surface area contributed by atoms with Crippen molar-refractivity contribution in [2.24, 2.45) is 11.8 Å². The molecule has 0 aliphatic rings. The number of hydrogen-bond acceptors (Lipinski definition) is 15. The third-order valence-electron chi connectivity index (χ3n) is 19.3. The summed E-state index contributed by atoms with van der Waals surface area (Å²) >= 11 is 0. The summed E-state index contributed by atoms with van der Waals surface area (Å²) in [5, 5.41) is 10.6. The standard InChI is InChI=1S/C81H158O17P2/c1-7-10-12-14-16-18-20-22-28-35-41-47-53-59-65-80(85)97-76(69-91-78(83)63-57-51-45-39-33-21-19-17-15-13-11-8-2)71-95-99(87,88)93-67-75(82)68-94-100(89,90)96-72-77(70-92-79(84)64-58-52-46-40-34-30-25-26-31-37-43-49-55-61-73(4)5)98-81(86)66-60-54-48-42-36-29-24-23-27-32-38-44-50-56-62-74(6)9-3/h73-77,82H,7-72H2,1-6H3,(H,87,88)(H,89,90)/t74?,75-,76+,77+/m0/s1. The van der Waals surface area contributed by atoms with Gasteiger partial charge in [0.2, 0.25) is 0 Å². The molecule has 0 aromatic rings. The van der Waals surface area contributed by atoms with Gasteiger partial charge in [0.1, 0.15) is 19.3 Å². The summed E-state index contributed by atoms with van der Waals surface area (Å²) in [7, 11) is -9.92. The first-order valence-electron chi connectivity index (χ1n) is 42.0. The van der Waals surface area contributed by atoms with Crippen LogP contribution >= 0.6 is 15.6 Å². The number of carbonyl (C=O) groups is 4. The van der Waals surface area contributed by atoms with Gasteiger partial charge in [-0.25, -0.2) is 9.13 Å². The Balaban J connectivity index is 5.26. The third kappa shape index (κ3) is 73.0. The lowest BCUT2D eigenvalue weighted by Crippen LogP contribution is -2.30. The van der Waals surface area contributed by atoms with Crippen LogP contribution < -0.4 is 0 Å². The van der Waals surface area contributed by atoms with Crippen LogP contribution in [0.25, 0.3) is 0 Å². The normalized spacial score (nSPS) is 14.2. The summed E-state index contributed by atoms with van der Waals surface area (Å²) < 4.78 is 68.8. The van der Waals surface area contributed by atoms with Gasteiger partial charge in [-0.05, 0) is 37.5 Å². The number of esters is 4. The van der Waals surface area contributed by atoms with Gasteiger partial charge in [0.15, 0.2) is 12.2 Å². The van der Waals surface area contributed by atoms with Crippen LogP contribution in [0.5, 0.6) is 0 Å². The highest BCUT2D eigenvalue weighted by molar-refractivity contribution is 7.47. The molecule has 0 aliphatic carbocycles. The van der Waals surface area contributed by atoms with Crippen LogP contribution in [0.2, 0.25) is 0 Å². The van der Waals surface area contributed by atoms with Gasteiger partial charge in [0.25, 0.3) is 0 Å². The number of unbranched alkanes of at least 4 members (excludes halogenated alkanes) is 49. The molecule has 19 heteroatoms. The molecule has 0 spiro atoms. The van der Waals surface area contributed by atoms with E-state index in [1.807, 2.05) is 0 Å². The SMILES string of the molecule is CCCCCCCCCCCCCCCCC(=O)O[C@H](COC(=O)CCCCCCCCCCCCCC)COP(=O)(O)OC[C@H](O)COP(=O)(O)OC[C@@H](COC(=O)CCCCCCCCCCCCCCCC(C)C)OC(=O)CCCCCCCCCCCCCCCCC(C)CC. The Kier molecular flexibility index (Phi) is 71.2. The third-order valence-corrected chi connectivity index (χ3v) is 21.2. The number of hydrogen-bond donors (Lipinski definition) is 3. The molecule has 0 aromatic heterocycles. The van der Waals surface area contributed by atoms with Crippen LogP contribution in [0.4, 0.5) is 0 Å². The van der Waals surface area contributed by atoms with Crippen molar-refractivity contribution in [3.05, 3.63) is 0 Å². The average Bonchev–Trinajstić information content (AvgIpc) is 0.929. The van der Waals surface area contributed by atoms with Gasteiger partial charge >= 0.3 is 39.5 Å². The second kappa shape index (κ2) is 72.6. The predicted octanol–water partition coefficient (Wildman–Crippen LogP) is 24.3. The van der Waals surface area contributed by atoms with Crippen molar-refractivity contribution >= 4 is 39.5 Å². The van der Waals surface area contributed by atoms with E-state index < -0.39 is 97.5 Å². The highest BCUT2D eigenvalue weighted by atomic mass is 31.2. The first-order chi connectivity index (χ1) is 48.4. The lowest BCUT2D eigenvalue weighted by molar-refractivity contribution is -0.161. The van der Waals surface area contributed by atoms with E-state index in [4.69, 9.17) is 37.0 Å². The molecular weight excluding hydrogens is 1310 g/mol. The van der Waals surface area contributed by atoms with Crippen molar-refractivity contribution in [2.45, 2.75) is 445 Å². The molecule has 0 bridgehead atoms. The minimum absolute atomic E-state index is 0.108. The predicted molar refractivity (Wildman–Crippen MR) is 409 cm³/mol. The summed E-state index contributed by atoms with van der Waals surface area (Å²) in [5.41, 5.74) is 0. The summed E-state index contributed by atoms with van der Waals surface area (Å²) in [6, 6.07) is 0. The summed E-state index contributed by atoms with van der Waals surface area (Å²) in [5.74, 6) is -0.468. The molecule has 594 valence electrons. The molecule has 0 aromatic carbocycles. The van der Waals surface area contributed by atoms with Crippen LogP contribution in [-0.4, -0.2) is 96.7 Å². The van der Waals surface area contributed by atoms with Crippen LogP contribution in [0.3, 0.4) is 0 Å². The van der Waals surface area contributed by atoms with E-state index >= 15 is 0 Å². The van der Waals surface area contributed by atoms with Crippen LogP contribution in [-0.2, 0) is 65.4 Å². The maximum atomic E-state index is 13.1. The lowest BCUT2D eigenvalue weighted by Gasteiger charge is -2.21. The monoisotopic (exact) mass is 1470 g/mol. The second-order valence-electron chi connectivity index (χ2n) is 29.9. The number of aliphatic hydroxyl groups is 1. The van der Waals surface area contributed by atoms with E-state index in [-0.39, 0.29) is 25.7 Å². The topological polar surface area (TPSA) is 237 Å². The number of rotatable bonds is 80. The summed E-state index contributed by atoms with van der Waals surface area (Å²) in [6.45, 7) is 9.72. The number of phosphoric acid groups is 2. The lowest BCUT2D eigenvalue weighted by atomic mass is 9.99.